The molecule has 0 amide bonds. The Kier molecular flexibility index (Phi) is 26.6. The molecule has 3 nitrogen and oxygen atoms in total. The standard InChI is InChI=1S/C31H63NO2/c1-4-5-6-7-8-9-10-11-12-13-14-15-16-17-18-19-20-21-22-23-24-25-26-27-28-29-32(30(2)33)31(3)34/h28-31,33-34H,4-27H2,1-3H3. The van der Waals surface area contributed by atoms with E-state index in [4.69, 9.17) is 0 Å². The molecule has 0 aliphatic heterocycles. The lowest BCUT2D eigenvalue weighted by Gasteiger charge is -2.26. The Balaban J connectivity index is 3.18. The summed E-state index contributed by atoms with van der Waals surface area (Å²) in [5.74, 6) is 0. The number of hydrogen-bond donors (Lipinski definition) is 2. The van der Waals surface area contributed by atoms with Crippen molar-refractivity contribution in [3.8, 4) is 0 Å². The van der Waals surface area contributed by atoms with Crippen LogP contribution in [0, 0.1) is 0 Å². The molecule has 2 unspecified atom stereocenters. The molecular formula is C31H63NO2. The molecule has 0 heterocycles. The molecule has 0 bridgehead atoms. The van der Waals surface area contributed by atoms with Gasteiger partial charge in [-0.15, -0.1) is 0 Å². The summed E-state index contributed by atoms with van der Waals surface area (Å²) in [4.78, 5) is 1.57. The van der Waals surface area contributed by atoms with E-state index in [0.717, 1.165) is 6.42 Å². The third-order valence-corrected chi connectivity index (χ3v) is 7.11. The largest absolute Gasteiger partial charge is 0.374 e. The van der Waals surface area contributed by atoms with Gasteiger partial charge in [-0.25, -0.2) is 0 Å². The number of hydrogen-bond acceptors (Lipinski definition) is 3. The van der Waals surface area contributed by atoms with Crippen LogP contribution in [0.5, 0.6) is 0 Å². The molecule has 0 aromatic heterocycles. The summed E-state index contributed by atoms with van der Waals surface area (Å²) in [5.41, 5.74) is 0. The first-order valence-corrected chi connectivity index (χ1v) is 15.4. The molecule has 0 aliphatic rings. The van der Waals surface area contributed by atoms with E-state index in [1.807, 2.05) is 6.20 Å². The van der Waals surface area contributed by atoms with Crippen LogP contribution in [0.1, 0.15) is 175 Å². The normalized spacial score (nSPS) is 13.6. The fourth-order valence-electron chi connectivity index (χ4n) is 4.81. The zero-order valence-corrected chi connectivity index (χ0v) is 23.6. The molecule has 0 aliphatic carbocycles. The van der Waals surface area contributed by atoms with E-state index in [9.17, 15) is 10.2 Å². The number of aliphatic hydroxyl groups excluding tert-OH is 2. The summed E-state index contributed by atoms with van der Waals surface area (Å²) in [5, 5.41) is 19.2. The van der Waals surface area contributed by atoms with Crippen molar-refractivity contribution in [2.45, 2.75) is 187 Å². The minimum Gasteiger partial charge on any atom is -0.374 e. The quantitative estimate of drug-likeness (QED) is 0.0906. The summed E-state index contributed by atoms with van der Waals surface area (Å²) in [6.07, 6.45) is 36.3. The Bertz CT molecular complexity index is 400. The molecule has 204 valence electrons. The van der Waals surface area contributed by atoms with Crippen LogP contribution in [0.25, 0.3) is 0 Å². The summed E-state index contributed by atoms with van der Waals surface area (Å²) < 4.78 is 0. The second-order valence-corrected chi connectivity index (χ2v) is 10.7. The van der Waals surface area contributed by atoms with Gasteiger partial charge in [0, 0.05) is 6.20 Å². The van der Waals surface area contributed by atoms with E-state index in [-0.39, 0.29) is 0 Å². The van der Waals surface area contributed by atoms with E-state index in [2.05, 4.69) is 13.0 Å². The van der Waals surface area contributed by atoms with Crippen molar-refractivity contribution >= 4 is 0 Å². The van der Waals surface area contributed by atoms with Crippen molar-refractivity contribution in [1.29, 1.82) is 0 Å². The van der Waals surface area contributed by atoms with E-state index in [0.29, 0.717) is 0 Å². The maximum Gasteiger partial charge on any atom is 0.125 e. The average molecular weight is 482 g/mol. The molecule has 2 N–H and O–H groups in total. The number of nitrogens with zero attached hydrogens (tertiary/aromatic N) is 1. The average Bonchev–Trinajstić information content (AvgIpc) is 2.80. The Hall–Kier alpha value is -0.540. The van der Waals surface area contributed by atoms with Crippen molar-refractivity contribution in [3.63, 3.8) is 0 Å². The maximum absolute atomic E-state index is 9.59. The molecule has 0 spiro atoms. The Morgan fingerprint density at radius 3 is 1.00 bits per heavy atom. The third-order valence-electron chi connectivity index (χ3n) is 7.11. The second-order valence-electron chi connectivity index (χ2n) is 10.7. The Labute approximate surface area is 214 Å². The van der Waals surface area contributed by atoms with Crippen LogP contribution < -0.4 is 0 Å². The highest BCUT2D eigenvalue weighted by molar-refractivity contribution is 4.83. The van der Waals surface area contributed by atoms with Gasteiger partial charge in [-0.1, -0.05) is 154 Å². The second kappa shape index (κ2) is 27.1. The van der Waals surface area contributed by atoms with Gasteiger partial charge in [0.1, 0.15) is 12.5 Å². The SMILES string of the molecule is CCCCCCCCCCCCCCCCCCCCCCCCCC=CN(C(C)O)C(C)O. The highest BCUT2D eigenvalue weighted by Crippen LogP contribution is 2.15. The molecule has 0 aromatic rings. The molecule has 0 radical (unpaired) electrons. The van der Waals surface area contributed by atoms with Crippen molar-refractivity contribution in [1.82, 2.24) is 4.90 Å². The zero-order chi connectivity index (χ0) is 25.1. The van der Waals surface area contributed by atoms with E-state index in [1.165, 1.54) is 148 Å². The third kappa shape index (κ3) is 24.6. The molecule has 2 atom stereocenters. The van der Waals surface area contributed by atoms with E-state index >= 15 is 0 Å². The number of aliphatic hydroxyl groups is 2. The molecule has 0 aromatic carbocycles. The molecule has 0 rings (SSSR count). The first kappa shape index (κ1) is 33.5. The van der Waals surface area contributed by atoms with Crippen LogP contribution in [0.4, 0.5) is 0 Å². The minimum atomic E-state index is -0.648. The summed E-state index contributed by atoms with van der Waals surface area (Å²) in [7, 11) is 0. The van der Waals surface area contributed by atoms with Gasteiger partial charge in [0.25, 0.3) is 0 Å². The first-order chi connectivity index (χ1) is 16.6. The first-order valence-electron chi connectivity index (χ1n) is 15.4. The summed E-state index contributed by atoms with van der Waals surface area (Å²) >= 11 is 0. The molecule has 0 fully saturated rings. The molecule has 0 saturated heterocycles. The molecule has 3 heteroatoms. The van der Waals surface area contributed by atoms with Gasteiger partial charge >= 0.3 is 0 Å². The Morgan fingerprint density at radius 1 is 0.471 bits per heavy atom. The van der Waals surface area contributed by atoms with E-state index < -0.39 is 12.5 Å². The molecule has 34 heavy (non-hydrogen) atoms. The highest BCUT2D eigenvalue weighted by atomic mass is 16.3. The van der Waals surface area contributed by atoms with Crippen LogP contribution >= 0.6 is 0 Å². The zero-order valence-electron chi connectivity index (χ0n) is 23.6. The lowest BCUT2D eigenvalue weighted by molar-refractivity contribution is -0.0513. The van der Waals surface area contributed by atoms with Crippen molar-refractivity contribution in [3.05, 3.63) is 12.3 Å². The smallest absolute Gasteiger partial charge is 0.125 e. The maximum atomic E-state index is 9.59. The van der Waals surface area contributed by atoms with Gasteiger partial charge in [-0.05, 0) is 26.7 Å². The van der Waals surface area contributed by atoms with Gasteiger partial charge < -0.3 is 15.1 Å². The van der Waals surface area contributed by atoms with Crippen molar-refractivity contribution in [2.24, 2.45) is 0 Å². The predicted octanol–water partition coefficient (Wildman–Crippen LogP) is 9.86. The van der Waals surface area contributed by atoms with Crippen LogP contribution in [0.15, 0.2) is 12.3 Å². The lowest BCUT2D eigenvalue weighted by atomic mass is 10.0. The van der Waals surface area contributed by atoms with Crippen molar-refractivity contribution in [2.75, 3.05) is 0 Å². The van der Waals surface area contributed by atoms with Crippen LogP contribution in [-0.4, -0.2) is 27.6 Å². The molecular weight excluding hydrogens is 418 g/mol. The fourth-order valence-corrected chi connectivity index (χ4v) is 4.81. The lowest BCUT2D eigenvalue weighted by Crippen LogP contribution is -2.35. The molecule has 0 saturated carbocycles. The van der Waals surface area contributed by atoms with Gasteiger partial charge in [-0.3, -0.25) is 0 Å². The highest BCUT2D eigenvalue weighted by Gasteiger charge is 2.10. The monoisotopic (exact) mass is 481 g/mol. The van der Waals surface area contributed by atoms with Gasteiger partial charge in [0.05, 0.1) is 0 Å². The van der Waals surface area contributed by atoms with Crippen LogP contribution in [-0.2, 0) is 0 Å². The van der Waals surface area contributed by atoms with Gasteiger partial charge in [-0.2, -0.15) is 0 Å². The van der Waals surface area contributed by atoms with Crippen LogP contribution in [0.3, 0.4) is 0 Å². The van der Waals surface area contributed by atoms with E-state index in [1.54, 1.807) is 18.7 Å². The van der Waals surface area contributed by atoms with Gasteiger partial charge in [0.2, 0.25) is 0 Å². The summed E-state index contributed by atoms with van der Waals surface area (Å²) in [6, 6.07) is 0. The van der Waals surface area contributed by atoms with Gasteiger partial charge in [0.15, 0.2) is 0 Å². The number of rotatable bonds is 27. The summed E-state index contributed by atoms with van der Waals surface area (Å²) in [6.45, 7) is 5.65. The Morgan fingerprint density at radius 2 is 0.735 bits per heavy atom. The number of unbranched alkanes of at least 4 members (excludes halogenated alkanes) is 23. The van der Waals surface area contributed by atoms with Crippen molar-refractivity contribution < 1.29 is 10.2 Å². The predicted molar refractivity (Wildman–Crippen MR) is 151 cm³/mol. The fraction of sp³-hybridized carbons (Fsp3) is 0.935. The van der Waals surface area contributed by atoms with Crippen LogP contribution in [0.2, 0.25) is 0 Å². The minimum absolute atomic E-state index is 0.648. The topological polar surface area (TPSA) is 43.7 Å². The number of allylic oxidation sites excluding steroid dienone is 1.